The topological polar surface area (TPSA) is 108 Å². The Morgan fingerprint density at radius 1 is 1.12 bits per heavy atom. The molecule has 0 heterocycles. The number of anilines is 1. The third kappa shape index (κ3) is 6.08. The molecule has 0 aromatic heterocycles. The summed E-state index contributed by atoms with van der Waals surface area (Å²) in [5, 5.41) is 16.6. The average Bonchev–Trinajstić information content (AvgIpc) is 2.60. The summed E-state index contributed by atoms with van der Waals surface area (Å²) in [5.74, 6) is -1.03. The summed E-state index contributed by atoms with van der Waals surface area (Å²) in [7, 11) is 0. The number of carboxylic acid groups (broad SMARTS) is 1. The smallest absolute Gasteiger partial charge is 0.405 e. The van der Waals surface area contributed by atoms with E-state index < -0.39 is 24.1 Å². The Balaban J connectivity index is 2.92. The first-order valence-electron chi connectivity index (χ1n) is 8.23. The molecule has 0 aliphatic heterocycles. The Labute approximate surface area is 153 Å². The number of benzene rings is 1. The summed E-state index contributed by atoms with van der Waals surface area (Å²) in [6.07, 6.45) is 1.89. The summed E-state index contributed by atoms with van der Waals surface area (Å²) in [6.45, 7) is 10.6. The standard InChI is InChI=1S/C19H25N3O4/c1-5-9-16(22-19(25)26)18(24)20-13(4)14-10-7-8-11-15(14)21-17(23)12(3)6-2/h5-8,10-13,16,22H,1-2,9H2,3-4H3,(H,20,24)(H,21,23)(H,25,26). The maximum atomic E-state index is 12.4. The van der Waals surface area contributed by atoms with Crippen LogP contribution in [0, 0.1) is 5.92 Å². The molecule has 3 unspecified atom stereocenters. The van der Waals surface area contributed by atoms with Crippen molar-refractivity contribution in [3.63, 3.8) is 0 Å². The Morgan fingerprint density at radius 2 is 1.77 bits per heavy atom. The number of carbonyl (C=O) groups excluding carboxylic acids is 2. The Hall–Kier alpha value is -3.09. The number of rotatable bonds is 9. The van der Waals surface area contributed by atoms with Gasteiger partial charge in [-0.25, -0.2) is 4.79 Å². The summed E-state index contributed by atoms with van der Waals surface area (Å²) in [5.41, 5.74) is 1.28. The largest absolute Gasteiger partial charge is 0.465 e. The molecular weight excluding hydrogens is 334 g/mol. The molecule has 0 fully saturated rings. The van der Waals surface area contributed by atoms with E-state index in [-0.39, 0.29) is 18.2 Å². The quantitative estimate of drug-likeness (QED) is 0.509. The molecule has 0 saturated carbocycles. The normalized spacial score (nSPS) is 13.6. The highest BCUT2D eigenvalue weighted by Gasteiger charge is 2.22. The lowest BCUT2D eigenvalue weighted by Gasteiger charge is -2.22. The molecule has 3 amide bonds. The van der Waals surface area contributed by atoms with E-state index in [0.29, 0.717) is 11.3 Å². The van der Waals surface area contributed by atoms with Crippen LogP contribution in [-0.4, -0.2) is 29.1 Å². The minimum atomic E-state index is -1.29. The van der Waals surface area contributed by atoms with Gasteiger partial charge in [0.05, 0.1) is 12.0 Å². The van der Waals surface area contributed by atoms with E-state index in [4.69, 9.17) is 5.11 Å². The third-order valence-corrected chi connectivity index (χ3v) is 3.83. The third-order valence-electron chi connectivity index (χ3n) is 3.83. The molecule has 26 heavy (non-hydrogen) atoms. The van der Waals surface area contributed by atoms with Crippen LogP contribution in [0.25, 0.3) is 0 Å². The van der Waals surface area contributed by atoms with Crippen molar-refractivity contribution in [2.24, 2.45) is 5.92 Å². The monoisotopic (exact) mass is 359 g/mol. The van der Waals surface area contributed by atoms with Gasteiger partial charge in [0.2, 0.25) is 11.8 Å². The van der Waals surface area contributed by atoms with Crippen LogP contribution in [0.15, 0.2) is 49.6 Å². The van der Waals surface area contributed by atoms with Crippen LogP contribution in [0.4, 0.5) is 10.5 Å². The van der Waals surface area contributed by atoms with Crippen LogP contribution in [0.5, 0.6) is 0 Å². The minimum Gasteiger partial charge on any atom is -0.465 e. The van der Waals surface area contributed by atoms with Gasteiger partial charge in [0.1, 0.15) is 6.04 Å². The van der Waals surface area contributed by atoms with Gasteiger partial charge in [-0.15, -0.1) is 13.2 Å². The Morgan fingerprint density at radius 3 is 2.35 bits per heavy atom. The minimum absolute atomic E-state index is 0.167. The summed E-state index contributed by atoms with van der Waals surface area (Å²) in [6, 6.07) is 5.71. The molecule has 0 spiro atoms. The molecular formula is C19H25N3O4. The first-order chi connectivity index (χ1) is 12.3. The lowest BCUT2D eigenvalue weighted by atomic mass is 10.0. The predicted molar refractivity (Wildman–Crippen MR) is 101 cm³/mol. The number of hydrogen-bond donors (Lipinski definition) is 4. The predicted octanol–water partition coefficient (Wildman–Crippen LogP) is 2.84. The summed E-state index contributed by atoms with van der Waals surface area (Å²) >= 11 is 0. The second kappa shape index (κ2) is 10.0. The maximum Gasteiger partial charge on any atom is 0.405 e. The van der Waals surface area contributed by atoms with Crippen molar-refractivity contribution in [1.82, 2.24) is 10.6 Å². The molecule has 0 radical (unpaired) electrons. The van der Waals surface area contributed by atoms with Crippen LogP contribution in [0.2, 0.25) is 0 Å². The van der Waals surface area contributed by atoms with Gasteiger partial charge in [0.25, 0.3) is 0 Å². The molecule has 1 aromatic rings. The molecule has 4 N–H and O–H groups in total. The van der Waals surface area contributed by atoms with Crippen molar-refractivity contribution < 1.29 is 19.5 Å². The zero-order chi connectivity index (χ0) is 19.7. The van der Waals surface area contributed by atoms with Crippen molar-refractivity contribution in [2.75, 3.05) is 5.32 Å². The van der Waals surface area contributed by atoms with Gasteiger partial charge in [0, 0.05) is 5.69 Å². The zero-order valence-corrected chi connectivity index (χ0v) is 15.0. The molecule has 0 saturated heterocycles. The molecule has 0 bridgehead atoms. The fraction of sp³-hybridized carbons (Fsp3) is 0.316. The van der Waals surface area contributed by atoms with Gasteiger partial charge >= 0.3 is 6.09 Å². The lowest BCUT2D eigenvalue weighted by Crippen LogP contribution is -2.46. The van der Waals surface area contributed by atoms with Crippen LogP contribution < -0.4 is 16.0 Å². The second-order valence-corrected chi connectivity index (χ2v) is 5.86. The Bertz CT molecular complexity index is 687. The highest BCUT2D eigenvalue weighted by molar-refractivity contribution is 5.94. The molecule has 0 aliphatic rings. The number of hydrogen-bond acceptors (Lipinski definition) is 3. The van der Waals surface area contributed by atoms with Gasteiger partial charge in [-0.2, -0.15) is 0 Å². The first-order valence-corrected chi connectivity index (χ1v) is 8.23. The van der Waals surface area contributed by atoms with Crippen molar-refractivity contribution in [3.05, 3.63) is 55.1 Å². The fourth-order valence-corrected chi connectivity index (χ4v) is 2.28. The second-order valence-electron chi connectivity index (χ2n) is 5.86. The zero-order valence-electron chi connectivity index (χ0n) is 15.0. The van der Waals surface area contributed by atoms with Gasteiger partial charge in [-0.05, 0) is 25.0 Å². The van der Waals surface area contributed by atoms with Crippen molar-refractivity contribution >= 4 is 23.6 Å². The maximum absolute atomic E-state index is 12.4. The number of amides is 3. The van der Waals surface area contributed by atoms with E-state index in [9.17, 15) is 14.4 Å². The van der Waals surface area contributed by atoms with Gasteiger partial charge in [-0.1, -0.05) is 37.3 Å². The van der Waals surface area contributed by atoms with Crippen molar-refractivity contribution in [2.45, 2.75) is 32.4 Å². The summed E-state index contributed by atoms with van der Waals surface area (Å²) in [4.78, 5) is 35.3. The van der Waals surface area contributed by atoms with Gasteiger partial charge < -0.3 is 21.1 Å². The summed E-state index contributed by atoms with van der Waals surface area (Å²) < 4.78 is 0. The van der Waals surface area contributed by atoms with E-state index in [0.717, 1.165) is 0 Å². The molecule has 7 heteroatoms. The fourth-order valence-electron chi connectivity index (χ4n) is 2.28. The highest BCUT2D eigenvalue weighted by atomic mass is 16.4. The number of carbonyl (C=O) groups is 3. The molecule has 0 aliphatic carbocycles. The van der Waals surface area contributed by atoms with Crippen LogP contribution >= 0.6 is 0 Å². The molecule has 1 rings (SSSR count). The SMILES string of the molecule is C=CCC(NC(=O)O)C(=O)NC(C)c1ccccc1NC(=O)C(C)C=C. The highest BCUT2D eigenvalue weighted by Crippen LogP contribution is 2.23. The molecule has 7 nitrogen and oxygen atoms in total. The van der Waals surface area contributed by atoms with Crippen LogP contribution in [0.1, 0.15) is 31.9 Å². The lowest BCUT2D eigenvalue weighted by molar-refractivity contribution is -0.123. The molecule has 1 aromatic carbocycles. The van der Waals surface area contributed by atoms with Gasteiger partial charge in [-0.3, -0.25) is 9.59 Å². The first kappa shape index (κ1) is 21.0. The van der Waals surface area contributed by atoms with E-state index >= 15 is 0 Å². The van der Waals surface area contributed by atoms with Crippen LogP contribution in [-0.2, 0) is 9.59 Å². The van der Waals surface area contributed by atoms with Gasteiger partial charge in [0.15, 0.2) is 0 Å². The average molecular weight is 359 g/mol. The van der Waals surface area contributed by atoms with E-state index in [1.165, 1.54) is 6.08 Å². The number of nitrogens with one attached hydrogen (secondary N) is 3. The van der Waals surface area contributed by atoms with E-state index in [2.05, 4.69) is 29.1 Å². The van der Waals surface area contributed by atoms with Crippen molar-refractivity contribution in [3.8, 4) is 0 Å². The number of para-hydroxylation sites is 1. The Kier molecular flexibility index (Phi) is 8.08. The van der Waals surface area contributed by atoms with E-state index in [1.807, 2.05) is 0 Å². The van der Waals surface area contributed by atoms with Crippen molar-refractivity contribution in [1.29, 1.82) is 0 Å². The van der Waals surface area contributed by atoms with Crippen LogP contribution in [0.3, 0.4) is 0 Å². The molecule has 140 valence electrons. The molecule has 3 atom stereocenters. The van der Waals surface area contributed by atoms with E-state index in [1.54, 1.807) is 44.2 Å².